The van der Waals surface area contributed by atoms with E-state index in [1.165, 1.54) is 0 Å². The van der Waals surface area contributed by atoms with Gasteiger partial charge in [-0.25, -0.2) is 9.59 Å². The first-order valence-electron chi connectivity index (χ1n) is 20.1. The molecule has 0 aromatic heterocycles. The predicted molar refractivity (Wildman–Crippen MR) is 228 cm³/mol. The smallest absolute Gasteiger partial charge is 0.407 e. The third-order valence-electron chi connectivity index (χ3n) is 10.5. The Labute approximate surface area is 343 Å². The molecule has 0 aliphatic carbocycles. The van der Waals surface area contributed by atoms with Crippen molar-refractivity contribution in [3.8, 4) is 0 Å². The molecule has 4 aromatic rings. The molecule has 4 unspecified atom stereocenters. The van der Waals surface area contributed by atoms with Crippen molar-refractivity contribution < 1.29 is 28.6 Å². The van der Waals surface area contributed by atoms with E-state index in [2.05, 4.69) is 103 Å². The normalized spacial score (nSPS) is 17.1. The second kappa shape index (κ2) is 20.7. The summed E-state index contributed by atoms with van der Waals surface area (Å²) in [6.07, 6.45) is -0.0606. The Kier molecular flexibility index (Phi) is 15.8. The van der Waals surface area contributed by atoms with Crippen LogP contribution in [-0.2, 0) is 28.5 Å². The van der Waals surface area contributed by atoms with Crippen molar-refractivity contribution in [2.24, 2.45) is 5.92 Å². The van der Waals surface area contributed by atoms with Crippen molar-refractivity contribution in [1.82, 2.24) is 16.0 Å². The van der Waals surface area contributed by atoms with E-state index in [-0.39, 0.29) is 43.0 Å². The number of thioether (sulfide) groups is 1. The fraction of sp³-hybridized carbons (Fsp3) is 0.426. The van der Waals surface area contributed by atoms with Gasteiger partial charge in [0.15, 0.2) is 0 Å². The molecule has 1 aliphatic heterocycles. The number of hydrogen-bond donors (Lipinski definition) is 3. The largest absolute Gasteiger partial charge is 0.464 e. The van der Waals surface area contributed by atoms with Crippen molar-refractivity contribution >= 4 is 29.7 Å². The zero-order valence-electron chi connectivity index (χ0n) is 34.1. The van der Waals surface area contributed by atoms with Gasteiger partial charge in [-0.15, -0.1) is 11.8 Å². The molecule has 3 N–H and O–H groups in total. The van der Waals surface area contributed by atoms with Gasteiger partial charge in [0.25, 0.3) is 0 Å². The number of cyclic esters (lactones) is 1. The van der Waals surface area contributed by atoms with Crippen LogP contribution in [0.2, 0.25) is 0 Å². The lowest BCUT2D eigenvalue weighted by Crippen LogP contribution is -2.51. The van der Waals surface area contributed by atoms with Gasteiger partial charge in [0.2, 0.25) is 5.91 Å². The maximum atomic E-state index is 13.8. The van der Waals surface area contributed by atoms with E-state index in [1.807, 2.05) is 76.2 Å². The number of benzene rings is 4. The first-order chi connectivity index (χ1) is 27.4. The van der Waals surface area contributed by atoms with Gasteiger partial charge >= 0.3 is 12.1 Å². The molecule has 6 atom stereocenters. The molecule has 1 aliphatic rings. The number of rotatable bonds is 19. The Morgan fingerprint density at radius 3 is 1.82 bits per heavy atom. The molecule has 1 saturated heterocycles. The second-order valence-electron chi connectivity index (χ2n) is 15.8. The summed E-state index contributed by atoms with van der Waals surface area (Å²) in [5, 5.41) is 9.80. The zero-order valence-corrected chi connectivity index (χ0v) is 34.9. The molecule has 1 fully saturated rings. The van der Waals surface area contributed by atoms with Crippen LogP contribution in [0.5, 0.6) is 0 Å². The number of nitrogens with one attached hydrogen (secondary N) is 3. The number of ether oxygens (including phenoxy) is 3. The molecular formula is C47H59N3O6S. The first-order valence-corrected chi connectivity index (χ1v) is 21.1. The van der Waals surface area contributed by atoms with Crippen LogP contribution in [0.4, 0.5) is 4.79 Å². The summed E-state index contributed by atoms with van der Waals surface area (Å²) in [6, 6.07) is 40.0. The van der Waals surface area contributed by atoms with E-state index in [0.717, 1.165) is 28.7 Å². The van der Waals surface area contributed by atoms with Crippen LogP contribution in [0.3, 0.4) is 0 Å². The zero-order chi connectivity index (χ0) is 40.8. The predicted octanol–water partition coefficient (Wildman–Crippen LogP) is 8.23. The molecule has 9 nitrogen and oxygen atoms in total. The molecule has 10 heteroatoms. The summed E-state index contributed by atoms with van der Waals surface area (Å²) in [5.74, 6) is -0.366. The van der Waals surface area contributed by atoms with Crippen LogP contribution in [0.25, 0.3) is 0 Å². The molecular weight excluding hydrogens is 735 g/mol. The maximum absolute atomic E-state index is 13.8. The van der Waals surface area contributed by atoms with Crippen molar-refractivity contribution in [1.29, 1.82) is 0 Å². The number of alkyl carbamates (subject to hydrolysis) is 1. The van der Waals surface area contributed by atoms with E-state index in [4.69, 9.17) is 14.2 Å². The summed E-state index contributed by atoms with van der Waals surface area (Å²) in [6.45, 7) is 12.7. The topological polar surface area (TPSA) is 115 Å². The number of hydrogen-bond acceptors (Lipinski definition) is 8. The summed E-state index contributed by atoms with van der Waals surface area (Å²) >= 11 is 1.77. The lowest BCUT2D eigenvalue weighted by molar-refractivity contribution is -0.144. The molecule has 304 valence electrons. The molecule has 0 radical (unpaired) electrons. The van der Waals surface area contributed by atoms with Gasteiger partial charge in [0.05, 0.1) is 24.0 Å². The van der Waals surface area contributed by atoms with E-state index in [1.54, 1.807) is 11.8 Å². The minimum atomic E-state index is -0.858. The Morgan fingerprint density at radius 1 is 0.825 bits per heavy atom. The Balaban J connectivity index is 1.41. The number of amides is 2. The summed E-state index contributed by atoms with van der Waals surface area (Å²) in [7, 11) is 0. The van der Waals surface area contributed by atoms with Crippen LogP contribution >= 0.6 is 11.8 Å². The SMILES string of the molecule is CCC(C)C(COC(C(=O)N[C@@H]1CCOC1=O)[C@@H](C)c1ccccc1)NCC(CSC(c1ccccc1)(c1ccccc1)c1ccccc1)NC(=O)OC(C)(C)C. The monoisotopic (exact) mass is 793 g/mol. The molecule has 5 rings (SSSR count). The van der Waals surface area contributed by atoms with Gasteiger partial charge in [0, 0.05) is 30.7 Å². The molecule has 2 amide bonds. The van der Waals surface area contributed by atoms with Gasteiger partial charge in [0.1, 0.15) is 17.7 Å². The number of esters is 1. The highest BCUT2D eigenvalue weighted by atomic mass is 32.2. The first kappa shape index (κ1) is 43.5. The van der Waals surface area contributed by atoms with Crippen LogP contribution in [-0.4, -0.2) is 73.3 Å². The summed E-state index contributed by atoms with van der Waals surface area (Å²) in [5.41, 5.74) is 3.67. The summed E-state index contributed by atoms with van der Waals surface area (Å²) in [4.78, 5) is 39.5. The Hall–Kier alpha value is -4.64. The third kappa shape index (κ3) is 11.9. The highest BCUT2D eigenvalue weighted by Crippen LogP contribution is 2.48. The highest BCUT2D eigenvalue weighted by molar-refractivity contribution is 8.00. The van der Waals surface area contributed by atoms with Gasteiger partial charge in [-0.2, -0.15) is 0 Å². The van der Waals surface area contributed by atoms with Crippen LogP contribution in [0.15, 0.2) is 121 Å². The van der Waals surface area contributed by atoms with Crippen LogP contribution in [0.1, 0.15) is 82.6 Å². The fourth-order valence-electron chi connectivity index (χ4n) is 7.09. The Morgan fingerprint density at radius 2 is 1.35 bits per heavy atom. The van der Waals surface area contributed by atoms with E-state index < -0.39 is 34.6 Å². The maximum Gasteiger partial charge on any atom is 0.407 e. The van der Waals surface area contributed by atoms with Gasteiger partial charge in [-0.05, 0) is 48.9 Å². The summed E-state index contributed by atoms with van der Waals surface area (Å²) < 4.78 is 16.9. The van der Waals surface area contributed by atoms with Crippen molar-refractivity contribution in [2.75, 3.05) is 25.5 Å². The van der Waals surface area contributed by atoms with Gasteiger partial charge < -0.3 is 30.2 Å². The van der Waals surface area contributed by atoms with Crippen molar-refractivity contribution in [3.05, 3.63) is 144 Å². The highest BCUT2D eigenvalue weighted by Gasteiger charge is 2.39. The average molecular weight is 794 g/mol. The third-order valence-corrected chi connectivity index (χ3v) is 12.2. The van der Waals surface area contributed by atoms with Gasteiger partial charge in [-0.3, -0.25) is 4.79 Å². The molecule has 0 saturated carbocycles. The lowest BCUT2D eigenvalue weighted by atomic mass is 9.84. The minimum Gasteiger partial charge on any atom is -0.464 e. The van der Waals surface area contributed by atoms with E-state index >= 15 is 0 Å². The van der Waals surface area contributed by atoms with Crippen molar-refractivity contribution in [2.45, 2.75) is 94.9 Å². The van der Waals surface area contributed by atoms with Gasteiger partial charge in [-0.1, -0.05) is 149 Å². The molecule has 0 spiro atoms. The number of carbonyl (C=O) groups is 3. The molecule has 4 aromatic carbocycles. The van der Waals surface area contributed by atoms with Crippen LogP contribution in [0, 0.1) is 5.92 Å². The average Bonchev–Trinajstić information content (AvgIpc) is 3.62. The van der Waals surface area contributed by atoms with E-state index in [0.29, 0.717) is 18.7 Å². The lowest BCUT2D eigenvalue weighted by Gasteiger charge is -2.37. The standard InChI is InChI=1S/C47H59N3O6S/c1-7-33(2)41(31-55-42(34(3)35-20-12-8-13-21-35)43(51)50-40-28-29-54-44(40)52)48-30-39(49-45(53)56-46(4,5)6)32-57-47(36-22-14-9-15-23-36,37-24-16-10-17-25-37)38-26-18-11-19-27-38/h8-27,33-34,39-42,48H,7,28-32H2,1-6H3,(H,49,53)(H,50,51)/t33?,34-,39?,40+,41?,42?/m0/s1. The second-order valence-corrected chi connectivity index (χ2v) is 17.0. The van der Waals surface area contributed by atoms with Crippen LogP contribution < -0.4 is 16.0 Å². The molecule has 57 heavy (non-hydrogen) atoms. The van der Waals surface area contributed by atoms with E-state index in [9.17, 15) is 14.4 Å². The minimum absolute atomic E-state index is 0.164. The van der Waals surface area contributed by atoms with Crippen molar-refractivity contribution in [3.63, 3.8) is 0 Å². The quantitative estimate of drug-likeness (QED) is 0.0643. The fourth-order valence-corrected chi connectivity index (χ4v) is 8.65. The molecule has 1 heterocycles. The molecule has 0 bridgehead atoms. The Bertz CT molecular complexity index is 1740. The number of carbonyl (C=O) groups excluding carboxylic acids is 3.